The number of rotatable bonds is 3. The first kappa shape index (κ1) is 12.6. The molecule has 1 N–H and O–H groups in total. The van der Waals surface area contributed by atoms with Crippen molar-refractivity contribution in [1.29, 1.82) is 0 Å². The van der Waals surface area contributed by atoms with Crippen molar-refractivity contribution < 1.29 is 0 Å². The standard InChI is InChI=1S/C13H16ClN5/c14-12-5-3-10(4-6-12)13(19-17-9-16-18-19)11-2-1-7-15-8-11/h3-6,9,11,13,15H,1-2,7-8H2/t11-,13-/m0/s1. The Morgan fingerprint density at radius 3 is 2.79 bits per heavy atom. The highest BCUT2D eigenvalue weighted by molar-refractivity contribution is 6.30. The van der Waals surface area contributed by atoms with Gasteiger partial charge in [0.25, 0.3) is 0 Å². The third-order valence-corrected chi connectivity index (χ3v) is 3.86. The van der Waals surface area contributed by atoms with Crippen molar-refractivity contribution in [2.45, 2.75) is 18.9 Å². The van der Waals surface area contributed by atoms with Crippen molar-refractivity contribution in [1.82, 2.24) is 25.5 Å². The van der Waals surface area contributed by atoms with Crippen LogP contribution in [0.3, 0.4) is 0 Å². The highest BCUT2D eigenvalue weighted by Gasteiger charge is 2.28. The van der Waals surface area contributed by atoms with Gasteiger partial charge in [0.15, 0.2) is 6.33 Å². The Kier molecular flexibility index (Phi) is 3.75. The van der Waals surface area contributed by atoms with Gasteiger partial charge in [-0.1, -0.05) is 23.7 Å². The molecule has 5 nitrogen and oxygen atoms in total. The summed E-state index contributed by atoms with van der Waals surface area (Å²) in [6.07, 6.45) is 3.84. The molecule has 2 heterocycles. The molecule has 0 bridgehead atoms. The van der Waals surface area contributed by atoms with E-state index >= 15 is 0 Å². The molecule has 19 heavy (non-hydrogen) atoms. The number of piperidine rings is 1. The van der Waals surface area contributed by atoms with Crippen molar-refractivity contribution in [2.75, 3.05) is 13.1 Å². The molecule has 0 saturated carbocycles. The molecule has 0 radical (unpaired) electrons. The Labute approximate surface area is 117 Å². The largest absolute Gasteiger partial charge is 0.316 e. The molecule has 2 aromatic rings. The van der Waals surface area contributed by atoms with E-state index in [2.05, 4.69) is 20.7 Å². The van der Waals surface area contributed by atoms with Gasteiger partial charge in [-0.15, -0.1) is 10.2 Å². The minimum absolute atomic E-state index is 0.118. The maximum Gasteiger partial charge on any atom is 0.162 e. The highest BCUT2D eigenvalue weighted by Crippen LogP contribution is 2.30. The predicted octanol–water partition coefficient (Wildman–Crippen LogP) is 1.92. The summed E-state index contributed by atoms with van der Waals surface area (Å²) < 4.78 is 0. The van der Waals surface area contributed by atoms with E-state index in [1.54, 1.807) is 4.80 Å². The topological polar surface area (TPSA) is 55.6 Å². The lowest BCUT2D eigenvalue weighted by atomic mass is 9.87. The molecule has 0 unspecified atom stereocenters. The zero-order valence-corrected chi connectivity index (χ0v) is 11.3. The van der Waals surface area contributed by atoms with Crippen molar-refractivity contribution in [3.63, 3.8) is 0 Å². The Bertz CT molecular complexity index is 504. The number of nitrogens with zero attached hydrogens (tertiary/aromatic N) is 4. The van der Waals surface area contributed by atoms with Gasteiger partial charge in [-0.3, -0.25) is 0 Å². The third-order valence-electron chi connectivity index (χ3n) is 3.61. The zero-order valence-electron chi connectivity index (χ0n) is 10.5. The third kappa shape index (κ3) is 2.77. The molecule has 6 heteroatoms. The number of tetrazole rings is 1. The van der Waals surface area contributed by atoms with Crippen LogP contribution in [0.25, 0.3) is 0 Å². The number of halogens is 1. The van der Waals surface area contributed by atoms with Gasteiger partial charge in [-0.2, -0.15) is 4.80 Å². The number of nitrogens with one attached hydrogen (secondary N) is 1. The van der Waals surface area contributed by atoms with E-state index in [0.29, 0.717) is 5.92 Å². The Morgan fingerprint density at radius 2 is 2.16 bits per heavy atom. The summed E-state index contributed by atoms with van der Waals surface area (Å²) in [7, 11) is 0. The average Bonchev–Trinajstić information content (AvgIpc) is 2.96. The molecular weight excluding hydrogens is 262 g/mol. The van der Waals surface area contributed by atoms with Crippen LogP contribution in [0.15, 0.2) is 30.6 Å². The molecule has 2 atom stereocenters. The molecule has 0 amide bonds. The Hall–Kier alpha value is -1.46. The lowest BCUT2D eigenvalue weighted by Crippen LogP contribution is -2.36. The molecular formula is C13H16ClN5. The van der Waals surface area contributed by atoms with Gasteiger partial charge in [-0.25, -0.2) is 0 Å². The van der Waals surface area contributed by atoms with Crippen LogP contribution in [0.5, 0.6) is 0 Å². The van der Waals surface area contributed by atoms with Gasteiger partial charge < -0.3 is 5.32 Å². The second-order valence-electron chi connectivity index (χ2n) is 4.86. The molecule has 1 aromatic heterocycles. The van der Waals surface area contributed by atoms with Crippen LogP contribution in [-0.2, 0) is 0 Å². The summed E-state index contributed by atoms with van der Waals surface area (Å²) in [6.45, 7) is 2.07. The Morgan fingerprint density at radius 1 is 1.32 bits per heavy atom. The van der Waals surface area contributed by atoms with Crippen LogP contribution in [0.1, 0.15) is 24.4 Å². The van der Waals surface area contributed by atoms with E-state index in [4.69, 9.17) is 11.6 Å². The van der Waals surface area contributed by atoms with Crippen LogP contribution in [0, 0.1) is 5.92 Å². The Balaban J connectivity index is 1.93. The number of hydrogen-bond acceptors (Lipinski definition) is 4. The van der Waals surface area contributed by atoms with Gasteiger partial charge in [0.1, 0.15) is 6.04 Å². The fraction of sp³-hybridized carbons (Fsp3) is 0.462. The normalized spacial score (nSPS) is 21.2. The minimum atomic E-state index is 0.118. The number of aromatic nitrogens is 4. The average molecular weight is 278 g/mol. The van der Waals surface area contributed by atoms with Crippen LogP contribution in [-0.4, -0.2) is 33.3 Å². The monoisotopic (exact) mass is 277 g/mol. The van der Waals surface area contributed by atoms with E-state index in [1.807, 2.05) is 24.3 Å². The van der Waals surface area contributed by atoms with E-state index in [9.17, 15) is 0 Å². The first-order valence-electron chi connectivity index (χ1n) is 6.53. The molecule has 1 aliphatic rings. The summed E-state index contributed by atoms with van der Waals surface area (Å²) in [4.78, 5) is 1.71. The minimum Gasteiger partial charge on any atom is -0.316 e. The SMILES string of the molecule is Clc1ccc([C@@H]([C@H]2CCCNC2)n2ncnn2)cc1. The van der Waals surface area contributed by atoms with Crippen molar-refractivity contribution in [3.8, 4) is 0 Å². The molecule has 3 rings (SSSR count). The first-order valence-corrected chi connectivity index (χ1v) is 6.91. The van der Waals surface area contributed by atoms with E-state index in [1.165, 1.54) is 24.7 Å². The van der Waals surface area contributed by atoms with Crippen molar-refractivity contribution in [3.05, 3.63) is 41.2 Å². The molecule has 0 spiro atoms. The quantitative estimate of drug-likeness (QED) is 0.931. The van der Waals surface area contributed by atoms with Crippen molar-refractivity contribution >= 4 is 11.6 Å². The van der Waals surface area contributed by atoms with Crippen LogP contribution in [0.4, 0.5) is 0 Å². The van der Waals surface area contributed by atoms with E-state index < -0.39 is 0 Å². The first-order chi connectivity index (χ1) is 9.34. The summed E-state index contributed by atoms with van der Waals surface area (Å²) in [5.41, 5.74) is 1.18. The number of benzene rings is 1. The van der Waals surface area contributed by atoms with Gasteiger partial charge in [0, 0.05) is 11.6 Å². The van der Waals surface area contributed by atoms with E-state index in [0.717, 1.165) is 18.1 Å². The molecule has 1 saturated heterocycles. The number of hydrogen-bond donors (Lipinski definition) is 1. The zero-order chi connectivity index (χ0) is 13.1. The molecule has 1 aromatic carbocycles. The lowest BCUT2D eigenvalue weighted by Gasteiger charge is -2.30. The molecule has 1 aliphatic heterocycles. The maximum atomic E-state index is 5.96. The van der Waals surface area contributed by atoms with Crippen LogP contribution in [0.2, 0.25) is 5.02 Å². The van der Waals surface area contributed by atoms with Gasteiger partial charge >= 0.3 is 0 Å². The maximum absolute atomic E-state index is 5.96. The smallest absolute Gasteiger partial charge is 0.162 e. The van der Waals surface area contributed by atoms with Gasteiger partial charge in [0.05, 0.1) is 0 Å². The second kappa shape index (κ2) is 5.67. The van der Waals surface area contributed by atoms with E-state index in [-0.39, 0.29) is 6.04 Å². The molecule has 1 fully saturated rings. The summed E-state index contributed by atoms with van der Waals surface area (Å²) >= 11 is 5.96. The fourth-order valence-electron chi connectivity index (χ4n) is 2.70. The van der Waals surface area contributed by atoms with Gasteiger partial charge in [-0.05, 0) is 48.2 Å². The second-order valence-corrected chi connectivity index (χ2v) is 5.30. The van der Waals surface area contributed by atoms with Crippen LogP contribution < -0.4 is 5.32 Å². The summed E-state index contributed by atoms with van der Waals surface area (Å²) in [5, 5.41) is 16.3. The molecule has 0 aliphatic carbocycles. The summed E-state index contributed by atoms with van der Waals surface area (Å²) in [6, 6.07) is 8.04. The fourth-order valence-corrected chi connectivity index (χ4v) is 2.83. The highest BCUT2D eigenvalue weighted by atomic mass is 35.5. The summed E-state index contributed by atoms with van der Waals surface area (Å²) in [5.74, 6) is 0.476. The molecule has 100 valence electrons. The van der Waals surface area contributed by atoms with Crippen LogP contribution >= 0.6 is 11.6 Å². The van der Waals surface area contributed by atoms with Crippen molar-refractivity contribution in [2.24, 2.45) is 5.92 Å². The lowest BCUT2D eigenvalue weighted by molar-refractivity contribution is 0.261. The predicted molar refractivity (Wildman–Crippen MR) is 73.0 cm³/mol. The van der Waals surface area contributed by atoms with Gasteiger partial charge in [0.2, 0.25) is 0 Å².